The van der Waals surface area contributed by atoms with E-state index in [1.54, 1.807) is 7.11 Å². The molecule has 1 N–H and O–H groups in total. The molecule has 108 valence electrons. The molecule has 0 aliphatic rings. The summed E-state index contributed by atoms with van der Waals surface area (Å²) in [6.45, 7) is 0.841. The zero-order valence-corrected chi connectivity index (χ0v) is 12.7. The topological polar surface area (TPSA) is 42.8 Å². The van der Waals surface area contributed by atoms with Crippen molar-refractivity contribution >= 4 is 23.4 Å². The first kappa shape index (κ1) is 13.8. The van der Waals surface area contributed by atoms with Gasteiger partial charge in [0.2, 0.25) is 5.88 Å². The second-order valence-electron chi connectivity index (χ2n) is 4.90. The van der Waals surface area contributed by atoms with Gasteiger partial charge >= 0.3 is 0 Å². The van der Waals surface area contributed by atoms with Crippen molar-refractivity contribution in [3.8, 4) is 5.88 Å². The zero-order chi connectivity index (χ0) is 14.7. The summed E-state index contributed by atoms with van der Waals surface area (Å²) >= 11 is 5.39. The first-order chi connectivity index (χ1) is 10.3. The molecule has 0 spiro atoms. The van der Waals surface area contributed by atoms with Crippen LogP contribution in [-0.2, 0) is 13.0 Å². The summed E-state index contributed by atoms with van der Waals surface area (Å²) in [7, 11) is 1.62. The number of ether oxygens (including phenoxy) is 1. The number of hydrogen-bond donors (Lipinski definition) is 1. The van der Waals surface area contributed by atoms with Crippen molar-refractivity contribution in [3.63, 3.8) is 0 Å². The fourth-order valence-electron chi connectivity index (χ4n) is 2.42. The summed E-state index contributed by atoms with van der Waals surface area (Å²) in [6.07, 6.45) is 2.05. The normalized spacial score (nSPS) is 10.9. The van der Waals surface area contributed by atoms with Gasteiger partial charge in [-0.2, -0.15) is 4.98 Å². The van der Waals surface area contributed by atoms with E-state index in [2.05, 4.69) is 34.2 Å². The van der Waals surface area contributed by atoms with E-state index in [1.165, 1.54) is 5.56 Å². The van der Waals surface area contributed by atoms with Gasteiger partial charge in [0.05, 0.1) is 12.6 Å². The number of fused-ring (bicyclic) bond motifs is 1. The fraction of sp³-hybridized carbons (Fsp3) is 0.250. The first-order valence-electron chi connectivity index (χ1n) is 6.95. The molecule has 2 heterocycles. The van der Waals surface area contributed by atoms with Crippen LogP contribution < -0.4 is 4.74 Å². The fourth-order valence-corrected chi connectivity index (χ4v) is 2.71. The number of nitrogens with one attached hydrogen (secondary N) is 1. The number of nitrogens with zero attached hydrogens (tertiary/aromatic N) is 2. The smallest absolute Gasteiger partial charge is 0.215 e. The van der Waals surface area contributed by atoms with Crippen LogP contribution in [0.5, 0.6) is 5.88 Å². The van der Waals surface area contributed by atoms with E-state index in [9.17, 15) is 0 Å². The molecule has 0 aliphatic carbocycles. The van der Waals surface area contributed by atoms with E-state index in [-0.39, 0.29) is 0 Å². The molecule has 0 atom stereocenters. The van der Waals surface area contributed by atoms with Crippen LogP contribution in [0.4, 0.5) is 0 Å². The summed E-state index contributed by atoms with van der Waals surface area (Å²) in [4.78, 5) is 7.67. The van der Waals surface area contributed by atoms with Crippen LogP contribution in [0.25, 0.3) is 11.2 Å². The molecule has 21 heavy (non-hydrogen) atoms. The van der Waals surface area contributed by atoms with Crippen molar-refractivity contribution in [1.82, 2.24) is 14.5 Å². The maximum atomic E-state index is 5.39. The molecular weight excluding hydrogens is 282 g/mol. The lowest BCUT2D eigenvalue weighted by Gasteiger charge is -2.05. The number of aryl methyl sites for hydroxylation is 2. The Hall–Kier alpha value is -2.14. The standard InChI is InChI=1S/C16H17N3OS/c1-20-14-10-9-13-15(18-14)19(16(21)17-13)11-5-8-12-6-3-2-4-7-12/h2-4,6-7,9-10H,5,8,11H2,1H3,(H,17,21). The molecule has 0 unspecified atom stereocenters. The highest BCUT2D eigenvalue weighted by Crippen LogP contribution is 2.17. The highest BCUT2D eigenvalue weighted by molar-refractivity contribution is 7.71. The molecule has 2 aromatic heterocycles. The van der Waals surface area contributed by atoms with Crippen molar-refractivity contribution in [2.45, 2.75) is 19.4 Å². The highest BCUT2D eigenvalue weighted by atomic mass is 32.1. The SMILES string of the molecule is COc1ccc2[nH]c(=S)n(CCCc3ccccc3)c2n1. The van der Waals surface area contributed by atoms with Gasteiger partial charge in [-0.3, -0.25) is 0 Å². The molecule has 0 radical (unpaired) electrons. The van der Waals surface area contributed by atoms with Crippen LogP contribution in [0.3, 0.4) is 0 Å². The summed E-state index contributed by atoms with van der Waals surface area (Å²) in [5, 5.41) is 0. The third kappa shape index (κ3) is 2.97. The number of pyridine rings is 1. The Morgan fingerprint density at radius 2 is 2.00 bits per heavy atom. The molecule has 0 saturated carbocycles. The lowest BCUT2D eigenvalue weighted by atomic mass is 10.1. The lowest BCUT2D eigenvalue weighted by Crippen LogP contribution is -2.01. The van der Waals surface area contributed by atoms with Gasteiger partial charge in [0.15, 0.2) is 10.4 Å². The number of rotatable bonds is 5. The van der Waals surface area contributed by atoms with E-state index in [4.69, 9.17) is 17.0 Å². The molecule has 0 bridgehead atoms. The Morgan fingerprint density at radius 1 is 1.19 bits per heavy atom. The molecule has 5 heteroatoms. The molecular formula is C16H17N3OS. The molecule has 0 aliphatic heterocycles. The van der Waals surface area contributed by atoms with Crippen LogP contribution in [0, 0.1) is 4.77 Å². The lowest BCUT2D eigenvalue weighted by molar-refractivity contribution is 0.399. The Bertz CT molecular complexity index is 792. The summed E-state index contributed by atoms with van der Waals surface area (Å²) in [5.41, 5.74) is 3.14. The highest BCUT2D eigenvalue weighted by Gasteiger charge is 2.07. The number of aromatic amines is 1. The number of imidazole rings is 1. The van der Waals surface area contributed by atoms with Gasteiger partial charge in [0.1, 0.15) is 0 Å². The van der Waals surface area contributed by atoms with Crippen LogP contribution in [0.1, 0.15) is 12.0 Å². The van der Waals surface area contributed by atoms with Gasteiger partial charge in [-0.25, -0.2) is 0 Å². The number of aromatic nitrogens is 3. The molecule has 0 saturated heterocycles. The van der Waals surface area contributed by atoms with Crippen molar-refractivity contribution in [3.05, 3.63) is 52.8 Å². The average molecular weight is 299 g/mol. The molecule has 0 fully saturated rings. The number of hydrogen-bond acceptors (Lipinski definition) is 3. The van der Waals surface area contributed by atoms with Gasteiger partial charge in [-0.05, 0) is 36.7 Å². The maximum Gasteiger partial charge on any atom is 0.215 e. The minimum absolute atomic E-state index is 0.605. The predicted octanol–water partition coefficient (Wildman–Crippen LogP) is 3.74. The van der Waals surface area contributed by atoms with Crippen molar-refractivity contribution in [2.24, 2.45) is 0 Å². The van der Waals surface area contributed by atoms with Crippen LogP contribution in [-0.4, -0.2) is 21.6 Å². The van der Waals surface area contributed by atoms with Crippen LogP contribution in [0.15, 0.2) is 42.5 Å². The number of methoxy groups -OCH3 is 1. The Balaban J connectivity index is 1.80. The molecule has 3 aromatic rings. The Labute approximate surface area is 128 Å². The summed E-state index contributed by atoms with van der Waals surface area (Å²) < 4.78 is 7.93. The Kier molecular flexibility index (Phi) is 4.01. The third-order valence-electron chi connectivity index (χ3n) is 3.49. The number of benzene rings is 1. The van der Waals surface area contributed by atoms with Crippen LogP contribution >= 0.6 is 12.2 Å². The molecule has 0 amide bonds. The van der Waals surface area contributed by atoms with Crippen LogP contribution in [0.2, 0.25) is 0 Å². The van der Waals surface area contributed by atoms with Crippen molar-refractivity contribution in [2.75, 3.05) is 7.11 Å². The van der Waals surface area contributed by atoms with Gasteiger partial charge in [-0.15, -0.1) is 0 Å². The summed E-state index contributed by atoms with van der Waals surface area (Å²) in [6, 6.07) is 14.3. The zero-order valence-electron chi connectivity index (χ0n) is 11.9. The molecule has 4 nitrogen and oxygen atoms in total. The van der Waals surface area contributed by atoms with Gasteiger partial charge in [0, 0.05) is 12.6 Å². The molecule has 1 aromatic carbocycles. The van der Waals surface area contributed by atoms with Crippen molar-refractivity contribution < 1.29 is 4.74 Å². The van der Waals surface area contributed by atoms with E-state index >= 15 is 0 Å². The van der Waals surface area contributed by atoms with Gasteiger partial charge < -0.3 is 14.3 Å². The molecule has 3 rings (SSSR count). The first-order valence-corrected chi connectivity index (χ1v) is 7.36. The van der Waals surface area contributed by atoms with Gasteiger partial charge in [0.25, 0.3) is 0 Å². The van der Waals surface area contributed by atoms with Crippen molar-refractivity contribution in [1.29, 1.82) is 0 Å². The second-order valence-corrected chi connectivity index (χ2v) is 5.28. The third-order valence-corrected chi connectivity index (χ3v) is 3.81. The van der Waals surface area contributed by atoms with E-state index in [0.29, 0.717) is 10.7 Å². The minimum atomic E-state index is 0.605. The van der Waals surface area contributed by atoms with E-state index in [1.807, 2.05) is 22.8 Å². The second kappa shape index (κ2) is 6.10. The van der Waals surface area contributed by atoms with E-state index in [0.717, 1.165) is 30.6 Å². The van der Waals surface area contributed by atoms with E-state index < -0.39 is 0 Å². The minimum Gasteiger partial charge on any atom is -0.481 e. The number of H-pyrrole nitrogens is 1. The maximum absolute atomic E-state index is 5.39. The Morgan fingerprint density at radius 3 is 2.76 bits per heavy atom. The largest absolute Gasteiger partial charge is 0.481 e. The van der Waals surface area contributed by atoms with Gasteiger partial charge in [-0.1, -0.05) is 30.3 Å². The monoisotopic (exact) mass is 299 g/mol. The summed E-state index contributed by atoms with van der Waals surface area (Å²) in [5.74, 6) is 0.605. The average Bonchev–Trinajstić information content (AvgIpc) is 2.83. The quantitative estimate of drug-likeness (QED) is 0.730. The predicted molar refractivity (Wildman–Crippen MR) is 86.2 cm³/mol.